The first-order valence-corrected chi connectivity index (χ1v) is 6.94. The van der Waals surface area contributed by atoms with Crippen molar-refractivity contribution < 1.29 is 13.2 Å². The first kappa shape index (κ1) is 12.3. The van der Waals surface area contributed by atoms with Crippen LogP contribution in [0.3, 0.4) is 0 Å². The van der Waals surface area contributed by atoms with Crippen molar-refractivity contribution in [2.45, 2.75) is 25.2 Å². The van der Waals surface area contributed by atoms with Crippen LogP contribution in [0, 0.1) is 5.41 Å². The summed E-state index contributed by atoms with van der Waals surface area (Å²) in [4.78, 5) is 14.8. The number of ketones is 1. The number of hydrogen-bond donors (Lipinski definition) is 1. The average Bonchev–Trinajstić information content (AvgIpc) is 2.75. The van der Waals surface area contributed by atoms with Gasteiger partial charge in [0.2, 0.25) is 10.0 Å². The maximum absolute atomic E-state index is 12.2. The second kappa shape index (κ2) is 3.96. The van der Waals surface area contributed by atoms with E-state index in [0.29, 0.717) is 13.0 Å². The zero-order valence-electron chi connectivity index (χ0n) is 9.93. The maximum atomic E-state index is 12.2. The van der Waals surface area contributed by atoms with Crippen molar-refractivity contribution in [2.75, 3.05) is 13.1 Å². The van der Waals surface area contributed by atoms with Crippen LogP contribution >= 0.6 is 0 Å². The van der Waals surface area contributed by atoms with E-state index in [1.54, 1.807) is 6.20 Å². The Balaban J connectivity index is 2.24. The molecule has 0 spiro atoms. The van der Waals surface area contributed by atoms with E-state index in [1.165, 1.54) is 16.6 Å². The molecule has 0 aliphatic carbocycles. The first-order valence-electron chi connectivity index (χ1n) is 5.50. The molecule has 0 bridgehead atoms. The fourth-order valence-corrected chi connectivity index (χ4v) is 3.19. The number of rotatable bonds is 2. The summed E-state index contributed by atoms with van der Waals surface area (Å²) in [5.74, 6) is -0.0251. The number of aromatic amines is 1. The van der Waals surface area contributed by atoms with Crippen LogP contribution in [0.4, 0.5) is 0 Å². The third kappa shape index (κ3) is 2.14. The molecule has 94 valence electrons. The molecule has 0 saturated carbocycles. The molecular formula is C11H16N2O3S. The van der Waals surface area contributed by atoms with Crippen LogP contribution in [-0.4, -0.2) is 36.6 Å². The van der Waals surface area contributed by atoms with E-state index in [0.717, 1.165) is 0 Å². The van der Waals surface area contributed by atoms with E-state index in [4.69, 9.17) is 0 Å². The van der Waals surface area contributed by atoms with E-state index in [9.17, 15) is 13.2 Å². The number of H-pyrrole nitrogens is 1. The van der Waals surface area contributed by atoms with Crippen LogP contribution in [-0.2, 0) is 14.8 Å². The zero-order valence-corrected chi connectivity index (χ0v) is 10.8. The number of nitrogens with one attached hydrogen (secondary N) is 1. The van der Waals surface area contributed by atoms with Gasteiger partial charge in [-0.2, -0.15) is 4.31 Å². The highest BCUT2D eigenvalue weighted by Gasteiger charge is 2.38. The van der Waals surface area contributed by atoms with Crippen molar-refractivity contribution in [3.8, 4) is 0 Å². The van der Waals surface area contributed by atoms with E-state index in [-0.39, 0.29) is 17.2 Å². The highest BCUT2D eigenvalue weighted by atomic mass is 32.2. The zero-order chi connectivity index (χ0) is 12.7. The molecule has 0 amide bonds. The van der Waals surface area contributed by atoms with Crippen LogP contribution in [0.5, 0.6) is 0 Å². The first-order chi connectivity index (χ1) is 7.84. The van der Waals surface area contributed by atoms with Crippen LogP contribution in [0.25, 0.3) is 0 Å². The smallest absolute Gasteiger partial charge is 0.244 e. The predicted octanol–water partition coefficient (Wildman–Crippen LogP) is 1.00. The Morgan fingerprint density at radius 1 is 1.41 bits per heavy atom. The van der Waals surface area contributed by atoms with E-state index in [1.807, 2.05) is 13.8 Å². The van der Waals surface area contributed by atoms with E-state index >= 15 is 0 Å². The number of sulfonamides is 1. The fraction of sp³-hybridized carbons (Fsp3) is 0.545. The van der Waals surface area contributed by atoms with Crippen molar-refractivity contribution in [2.24, 2.45) is 5.41 Å². The third-order valence-electron chi connectivity index (χ3n) is 3.27. The second-order valence-corrected chi connectivity index (χ2v) is 6.88. The molecule has 0 aromatic carbocycles. The predicted molar refractivity (Wildman–Crippen MR) is 63.0 cm³/mol. The summed E-state index contributed by atoms with van der Waals surface area (Å²) in [5.41, 5.74) is -0.413. The fourth-order valence-electron chi connectivity index (χ4n) is 1.82. The minimum atomic E-state index is -3.52. The van der Waals surface area contributed by atoms with Gasteiger partial charge in [0.05, 0.1) is 11.4 Å². The Labute approximate surface area is 101 Å². The number of nitrogens with zero attached hydrogens (tertiary/aromatic N) is 1. The minimum absolute atomic E-state index is 0.0251. The van der Waals surface area contributed by atoms with Crippen molar-refractivity contribution in [3.63, 3.8) is 0 Å². The van der Waals surface area contributed by atoms with Gasteiger partial charge in [0.15, 0.2) is 5.78 Å². The summed E-state index contributed by atoms with van der Waals surface area (Å²) < 4.78 is 25.6. The molecule has 1 fully saturated rings. The molecule has 2 rings (SSSR count). The Morgan fingerprint density at radius 3 is 2.65 bits per heavy atom. The molecule has 5 nitrogen and oxygen atoms in total. The average molecular weight is 256 g/mol. The molecule has 1 saturated heterocycles. The molecule has 6 heteroatoms. The normalized spacial score (nSPS) is 21.6. The Morgan fingerprint density at radius 2 is 2.12 bits per heavy atom. The number of carbonyl (C=O) groups is 1. The molecule has 1 N–H and O–H groups in total. The van der Waals surface area contributed by atoms with Crippen molar-refractivity contribution in [1.82, 2.24) is 9.29 Å². The quantitative estimate of drug-likeness (QED) is 0.858. The van der Waals surface area contributed by atoms with Crippen molar-refractivity contribution >= 4 is 15.8 Å². The van der Waals surface area contributed by atoms with Gasteiger partial charge in [-0.1, -0.05) is 13.8 Å². The monoisotopic (exact) mass is 256 g/mol. The molecule has 1 aromatic rings. The van der Waals surface area contributed by atoms with Gasteiger partial charge in [0.25, 0.3) is 0 Å². The SMILES string of the molecule is CC1(C)CCN(S(=O)(=O)c2cc[nH]c2)CC1=O. The van der Waals surface area contributed by atoms with Crippen molar-refractivity contribution in [3.05, 3.63) is 18.5 Å². The number of hydrogen-bond acceptors (Lipinski definition) is 3. The molecule has 1 aliphatic rings. The highest BCUT2D eigenvalue weighted by molar-refractivity contribution is 7.89. The molecule has 17 heavy (non-hydrogen) atoms. The van der Waals surface area contributed by atoms with Crippen LogP contribution in [0.15, 0.2) is 23.4 Å². The summed E-state index contributed by atoms with van der Waals surface area (Å²) in [5, 5.41) is 0. The lowest BCUT2D eigenvalue weighted by atomic mass is 9.82. The lowest BCUT2D eigenvalue weighted by Gasteiger charge is -2.34. The summed E-state index contributed by atoms with van der Waals surface area (Å²) in [6, 6.07) is 1.50. The number of aromatic nitrogens is 1. The van der Waals surface area contributed by atoms with Gasteiger partial charge in [-0.3, -0.25) is 4.79 Å². The standard InChI is InChI=1S/C11H16N2O3S/c1-11(2)4-6-13(8-10(11)14)17(15,16)9-3-5-12-7-9/h3,5,7,12H,4,6,8H2,1-2H3. The Bertz CT molecular complexity index is 517. The van der Waals surface area contributed by atoms with Gasteiger partial charge in [-0.05, 0) is 12.5 Å². The highest BCUT2D eigenvalue weighted by Crippen LogP contribution is 2.29. The van der Waals surface area contributed by atoms with Crippen LogP contribution < -0.4 is 0 Å². The molecule has 0 atom stereocenters. The van der Waals surface area contributed by atoms with Gasteiger partial charge in [0, 0.05) is 24.4 Å². The van der Waals surface area contributed by atoms with E-state index in [2.05, 4.69) is 4.98 Å². The minimum Gasteiger partial charge on any atom is -0.366 e. The van der Waals surface area contributed by atoms with Gasteiger partial charge in [-0.15, -0.1) is 0 Å². The molecule has 0 radical (unpaired) electrons. The summed E-state index contributed by atoms with van der Waals surface area (Å²) >= 11 is 0. The third-order valence-corrected chi connectivity index (χ3v) is 5.11. The summed E-state index contributed by atoms with van der Waals surface area (Å²) in [6.45, 7) is 4.08. The maximum Gasteiger partial charge on any atom is 0.244 e. The van der Waals surface area contributed by atoms with Gasteiger partial charge >= 0.3 is 0 Å². The summed E-state index contributed by atoms with van der Waals surface area (Å²) in [7, 11) is -3.52. The van der Waals surface area contributed by atoms with Gasteiger partial charge < -0.3 is 4.98 Å². The van der Waals surface area contributed by atoms with Crippen LogP contribution in [0.1, 0.15) is 20.3 Å². The number of carbonyl (C=O) groups excluding carboxylic acids is 1. The van der Waals surface area contributed by atoms with E-state index < -0.39 is 15.4 Å². The van der Waals surface area contributed by atoms with Crippen molar-refractivity contribution in [1.29, 1.82) is 0 Å². The molecule has 0 unspecified atom stereocenters. The van der Waals surface area contributed by atoms with Crippen LogP contribution in [0.2, 0.25) is 0 Å². The number of piperidine rings is 1. The Hall–Kier alpha value is -1.14. The molecule has 2 heterocycles. The van der Waals surface area contributed by atoms with Gasteiger partial charge in [-0.25, -0.2) is 8.42 Å². The lowest BCUT2D eigenvalue weighted by molar-refractivity contribution is -0.130. The molecule has 1 aromatic heterocycles. The second-order valence-electron chi connectivity index (χ2n) is 4.94. The number of Topliss-reactive ketones (excluding diaryl/α,β-unsaturated/α-hetero) is 1. The largest absolute Gasteiger partial charge is 0.366 e. The summed E-state index contributed by atoms with van der Waals surface area (Å²) in [6.07, 6.45) is 3.55. The Kier molecular flexibility index (Phi) is 2.87. The van der Waals surface area contributed by atoms with Gasteiger partial charge in [0.1, 0.15) is 0 Å². The lowest BCUT2D eigenvalue weighted by Crippen LogP contribution is -2.47. The topological polar surface area (TPSA) is 70.2 Å². The molecule has 1 aliphatic heterocycles. The molecular weight excluding hydrogens is 240 g/mol.